The van der Waals surface area contributed by atoms with Crippen LogP contribution in [0.4, 0.5) is 5.69 Å². The summed E-state index contributed by atoms with van der Waals surface area (Å²) in [5.41, 5.74) is 7.04. The molecule has 0 saturated carbocycles. The Kier molecular flexibility index (Phi) is 2.49. The van der Waals surface area contributed by atoms with E-state index in [1.54, 1.807) is 24.3 Å². The maximum Gasteiger partial charge on any atom is 0.417 e. The van der Waals surface area contributed by atoms with Crippen LogP contribution in [0, 0.1) is 0 Å². The highest BCUT2D eigenvalue weighted by atomic mass is 16.5. The summed E-state index contributed by atoms with van der Waals surface area (Å²) in [4.78, 5) is 9.67. The van der Waals surface area contributed by atoms with Crippen LogP contribution in [-0.2, 0) is 16.1 Å². The molecule has 1 rings (SSSR count). The topological polar surface area (TPSA) is 52.3 Å². The second kappa shape index (κ2) is 3.61. The van der Waals surface area contributed by atoms with E-state index in [4.69, 9.17) is 5.73 Å². The fraction of sp³-hybridized carbons (Fsp3) is 0.125. The fourth-order valence-corrected chi connectivity index (χ4v) is 0.727. The first-order valence-corrected chi connectivity index (χ1v) is 3.16. The molecule has 0 saturated heterocycles. The smallest absolute Gasteiger partial charge is 0.417 e. The average Bonchev–Trinajstić information content (AvgIpc) is 2.04. The zero-order chi connectivity index (χ0) is 8.10. The monoisotopic (exact) mass is 150 g/mol. The number of nitrogens with two attached hydrogens (primary N) is 1. The first-order valence-electron chi connectivity index (χ1n) is 3.16. The minimum atomic E-state index is 0.254. The summed E-state index contributed by atoms with van der Waals surface area (Å²) in [7, 11) is 0. The minimum Gasteiger partial charge on any atom is -0.452 e. The van der Waals surface area contributed by atoms with Crippen LogP contribution in [0.25, 0.3) is 0 Å². The Bertz CT molecular complexity index is 230. The second-order valence-corrected chi connectivity index (χ2v) is 2.11. The molecule has 1 radical (unpaired) electrons. The number of anilines is 1. The zero-order valence-corrected chi connectivity index (χ0v) is 5.91. The maximum atomic E-state index is 9.67. The quantitative estimate of drug-likeness (QED) is 0.650. The molecule has 0 atom stereocenters. The predicted octanol–water partition coefficient (Wildman–Crippen LogP) is 0.853. The van der Waals surface area contributed by atoms with Gasteiger partial charge in [-0.2, -0.15) is 0 Å². The second-order valence-electron chi connectivity index (χ2n) is 2.11. The predicted molar refractivity (Wildman–Crippen MR) is 41.3 cm³/mol. The molecule has 0 unspecified atom stereocenters. The Hall–Kier alpha value is -1.51. The zero-order valence-electron chi connectivity index (χ0n) is 5.91. The first kappa shape index (κ1) is 7.60. The Morgan fingerprint density at radius 1 is 1.36 bits per heavy atom. The molecule has 0 bridgehead atoms. The summed E-state index contributed by atoms with van der Waals surface area (Å²) >= 11 is 0. The van der Waals surface area contributed by atoms with Crippen molar-refractivity contribution >= 4 is 12.2 Å². The molecule has 3 nitrogen and oxygen atoms in total. The SMILES string of the molecule is Nc1ccc(CO[C]=O)cc1. The van der Waals surface area contributed by atoms with Crippen LogP contribution in [0.5, 0.6) is 0 Å². The van der Waals surface area contributed by atoms with Crippen molar-refractivity contribution in [1.29, 1.82) is 0 Å². The number of hydrogen-bond donors (Lipinski definition) is 1. The molecule has 0 amide bonds. The summed E-state index contributed by atoms with van der Waals surface area (Å²) in [5, 5.41) is 0. The fourth-order valence-electron chi connectivity index (χ4n) is 0.727. The number of nitrogen functional groups attached to an aromatic ring is 1. The van der Waals surface area contributed by atoms with Gasteiger partial charge in [0.25, 0.3) is 0 Å². The number of rotatable bonds is 3. The lowest BCUT2D eigenvalue weighted by molar-refractivity contribution is 0.267. The van der Waals surface area contributed by atoms with E-state index in [0.29, 0.717) is 5.69 Å². The molecular formula is C8H8NO2. The molecule has 0 aliphatic heterocycles. The van der Waals surface area contributed by atoms with Crippen LogP contribution in [0.1, 0.15) is 5.56 Å². The molecule has 0 aliphatic rings. The third-order valence-electron chi connectivity index (χ3n) is 1.28. The van der Waals surface area contributed by atoms with Crippen molar-refractivity contribution in [3.8, 4) is 0 Å². The first-order chi connectivity index (χ1) is 5.33. The molecular weight excluding hydrogens is 142 g/mol. The van der Waals surface area contributed by atoms with Crippen LogP contribution < -0.4 is 5.73 Å². The van der Waals surface area contributed by atoms with Gasteiger partial charge in [-0.25, -0.2) is 4.79 Å². The highest BCUT2D eigenvalue weighted by Gasteiger charge is 1.91. The van der Waals surface area contributed by atoms with Gasteiger partial charge in [-0.1, -0.05) is 12.1 Å². The van der Waals surface area contributed by atoms with Gasteiger partial charge >= 0.3 is 6.47 Å². The minimum absolute atomic E-state index is 0.254. The van der Waals surface area contributed by atoms with Crippen LogP contribution in [-0.4, -0.2) is 6.47 Å². The van der Waals surface area contributed by atoms with E-state index in [2.05, 4.69) is 4.74 Å². The summed E-state index contributed by atoms with van der Waals surface area (Å²) in [6, 6.07) is 7.10. The molecule has 1 aromatic carbocycles. The van der Waals surface area contributed by atoms with Gasteiger partial charge in [0.2, 0.25) is 0 Å². The van der Waals surface area contributed by atoms with E-state index in [1.807, 2.05) is 0 Å². The molecule has 57 valence electrons. The molecule has 0 aliphatic carbocycles. The Balaban J connectivity index is 2.58. The van der Waals surface area contributed by atoms with Gasteiger partial charge in [0.15, 0.2) is 0 Å². The number of ether oxygens (including phenoxy) is 1. The van der Waals surface area contributed by atoms with Crippen LogP contribution in [0.2, 0.25) is 0 Å². The van der Waals surface area contributed by atoms with E-state index in [9.17, 15) is 4.79 Å². The van der Waals surface area contributed by atoms with Crippen molar-refractivity contribution < 1.29 is 9.53 Å². The van der Waals surface area contributed by atoms with Gasteiger partial charge in [-0.05, 0) is 17.7 Å². The Labute approximate surface area is 64.8 Å². The molecule has 3 heteroatoms. The van der Waals surface area contributed by atoms with Gasteiger partial charge < -0.3 is 10.5 Å². The highest BCUT2D eigenvalue weighted by Crippen LogP contribution is 2.05. The molecule has 0 heterocycles. The Morgan fingerprint density at radius 2 is 2.00 bits per heavy atom. The van der Waals surface area contributed by atoms with Gasteiger partial charge in [-0.15, -0.1) is 0 Å². The van der Waals surface area contributed by atoms with Crippen molar-refractivity contribution in [2.45, 2.75) is 6.61 Å². The summed E-state index contributed by atoms with van der Waals surface area (Å²) in [6.45, 7) is 1.60. The molecule has 1 aromatic rings. The van der Waals surface area contributed by atoms with Crippen LogP contribution in [0.3, 0.4) is 0 Å². The van der Waals surface area contributed by atoms with Crippen LogP contribution in [0.15, 0.2) is 24.3 Å². The largest absolute Gasteiger partial charge is 0.452 e. The maximum absolute atomic E-state index is 9.67. The lowest BCUT2D eigenvalue weighted by Gasteiger charge is -1.97. The van der Waals surface area contributed by atoms with Gasteiger partial charge in [0, 0.05) is 5.69 Å². The van der Waals surface area contributed by atoms with E-state index >= 15 is 0 Å². The molecule has 2 N–H and O–H groups in total. The lowest BCUT2D eigenvalue weighted by Crippen LogP contribution is -1.90. The summed E-state index contributed by atoms with van der Waals surface area (Å²) in [5.74, 6) is 0. The van der Waals surface area contributed by atoms with Gasteiger partial charge in [0.05, 0.1) is 0 Å². The molecule has 0 fully saturated rings. The molecule has 0 aromatic heterocycles. The third kappa shape index (κ3) is 2.29. The van der Waals surface area contributed by atoms with E-state index in [0.717, 1.165) is 5.56 Å². The lowest BCUT2D eigenvalue weighted by atomic mass is 10.2. The molecule has 11 heavy (non-hydrogen) atoms. The van der Waals surface area contributed by atoms with Crippen molar-refractivity contribution in [1.82, 2.24) is 0 Å². The van der Waals surface area contributed by atoms with Crippen molar-refractivity contribution in [2.75, 3.05) is 5.73 Å². The summed E-state index contributed by atoms with van der Waals surface area (Å²) < 4.78 is 4.41. The Morgan fingerprint density at radius 3 is 2.55 bits per heavy atom. The van der Waals surface area contributed by atoms with Gasteiger partial charge in [0.1, 0.15) is 6.61 Å². The molecule has 0 spiro atoms. The third-order valence-corrected chi connectivity index (χ3v) is 1.28. The standard InChI is InChI=1S/C8H8NO2/c9-8-3-1-7(2-4-8)5-11-6-10/h1-4H,5,9H2. The number of carbonyl (C=O) groups excluding carboxylic acids is 1. The number of hydrogen-bond acceptors (Lipinski definition) is 3. The number of benzene rings is 1. The van der Waals surface area contributed by atoms with Crippen LogP contribution >= 0.6 is 0 Å². The van der Waals surface area contributed by atoms with Crippen molar-refractivity contribution in [2.24, 2.45) is 0 Å². The van der Waals surface area contributed by atoms with Gasteiger partial charge in [-0.3, -0.25) is 0 Å². The van der Waals surface area contributed by atoms with Crippen molar-refractivity contribution in [3.63, 3.8) is 0 Å². The average molecular weight is 150 g/mol. The van der Waals surface area contributed by atoms with E-state index in [1.165, 1.54) is 6.47 Å². The van der Waals surface area contributed by atoms with E-state index in [-0.39, 0.29) is 6.61 Å². The normalized spacial score (nSPS) is 9.09. The van der Waals surface area contributed by atoms with E-state index < -0.39 is 0 Å². The summed E-state index contributed by atoms with van der Waals surface area (Å²) in [6.07, 6.45) is 0. The highest BCUT2D eigenvalue weighted by molar-refractivity contribution is 5.41. The van der Waals surface area contributed by atoms with Crippen molar-refractivity contribution in [3.05, 3.63) is 29.8 Å².